The fourth-order valence-electron chi connectivity index (χ4n) is 0.958. The van der Waals surface area contributed by atoms with Gasteiger partial charge in [-0.05, 0) is 38.3 Å². The van der Waals surface area contributed by atoms with E-state index >= 15 is 0 Å². The number of carbonyl (C=O) groups excluding carboxylic acids is 1. The lowest BCUT2D eigenvalue weighted by molar-refractivity contribution is -0.120. The highest BCUT2D eigenvalue weighted by atomic mass is 32.2. The smallest absolute Gasteiger partial charge is 0.233 e. The van der Waals surface area contributed by atoms with E-state index in [0.29, 0.717) is 13.1 Å². The van der Waals surface area contributed by atoms with Gasteiger partial charge in [0.2, 0.25) is 5.91 Å². The van der Waals surface area contributed by atoms with Crippen molar-refractivity contribution in [1.29, 1.82) is 0 Å². The molecule has 0 aromatic rings. The average Bonchev–Trinajstić information content (AvgIpc) is 2.11. The Balaban J connectivity index is 3.02. The molecule has 0 heterocycles. The zero-order valence-corrected chi connectivity index (χ0v) is 9.38. The predicted octanol–water partition coefficient (Wildman–Crippen LogP) is 0.855. The Morgan fingerprint density at radius 1 is 1.38 bits per heavy atom. The van der Waals surface area contributed by atoms with Crippen molar-refractivity contribution in [2.24, 2.45) is 0 Å². The topological polar surface area (TPSA) is 41.1 Å². The number of hydrogen-bond acceptors (Lipinski definition) is 3. The highest BCUT2D eigenvalue weighted by Gasteiger charge is 1.96. The molecule has 1 amide bonds. The maximum Gasteiger partial charge on any atom is 0.233 e. The largest absolute Gasteiger partial charge is 0.355 e. The molecule has 78 valence electrons. The van der Waals surface area contributed by atoms with Crippen LogP contribution >= 0.6 is 11.8 Å². The molecule has 0 saturated heterocycles. The lowest BCUT2D eigenvalue weighted by Gasteiger charge is -2.04. The number of thioether (sulfide) groups is 1. The number of rotatable bonds is 8. The zero-order chi connectivity index (χ0) is 9.94. The molecule has 4 heteroatoms. The van der Waals surface area contributed by atoms with Crippen LogP contribution in [-0.4, -0.2) is 37.6 Å². The summed E-state index contributed by atoms with van der Waals surface area (Å²) in [5, 5.41) is 5.85. The number of unbranched alkanes of at least 4 members (excludes halogenated alkanes) is 1. The van der Waals surface area contributed by atoms with Gasteiger partial charge in [0.15, 0.2) is 0 Å². The van der Waals surface area contributed by atoms with Gasteiger partial charge in [0.05, 0.1) is 6.54 Å². The zero-order valence-electron chi connectivity index (χ0n) is 8.56. The average molecular weight is 204 g/mol. The Hall–Kier alpha value is -0.220. The molecule has 13 heavy (non-hydrogen) atoms. The summed E-state index contributed by atoms with van der Waals surface area (Å²) >= 11 is 1.87. The third-order valence-corrected chi connectivity index (χ3v) is 2.31. The fraction of sp³-hybridized carbons (Fsp3) is 0.889. The van der Waals surface area contributed by atoms with Crippen LogP contribution in [0.1, 0.15) is 19.8 Å². The molecule has 0 spiro atoms. The molecule has 0 aliphatic carbocycles. The van der Waals surface area contributed by atoms with Gasteiger partial charge in [-0.2, -0.15) is 11.8 Å². The first-order valence-electron chi connectivity index (χ1n) is 4.77. The summed E-state index contributed by atoms with van der Waals surface area (Å²) in [6.45, 7) is 4.04. The third-order valence-electron chi connectivity index (χ3n) is 1.61. The Kier molecular flexibility index (Phi) is 9.70. The van der Waals surface area contributed by atoms with E-state index in [1.807, 2.05) is 18.7 Å². The van der Waals surface area contributed by atoms with Crippen LogP contribution in [0, 0.1) is 0 Å². The Bertz CT molecular complexity index is 131. The molecule has 0 bridgehead atoms. The first-order chi connectivity index (χ1) is 6.31. The van der Waals surface area contributed by atoms with E-state index in [4.69, 9.17) is 0 Å². The minimum absolute atomic E-state index is 0.0902. The predicted molar refractivity (Wildman–Crippen MR) is 59.2 cm³/mol. The summed E-state index contributed by atoms with van der Waals surface area (Å²) in [4.78, 5) is 11.0. The molecule has 2 N–H and O–H groups in total. The third kappa shape index (κ3) is 9.70. The molecule has 0 radical (unpaired) electrons. The maximum atomic E-state index is 11.0. The van der Waals surface area contributed by atoms with Crippen molar-refractivity contribution in [2.75, 3.05) is 31.6 Å². The van der Waals surface area contributed by atoms with Gasteiger partial charge in [0.25, 0.3) is 0 Å². The van der Waals surface area contributed by atoms with Crippen molar-refractivity contribution in [1.82, 2.24) is 10.6 Å². The van der Waals surface area contributed by atoms with Gasteiger partial charge in [-0.25, -0.2) is 0 Å². The number of nitrogens with one attached hydrogen (secondary N) is 2. The molecule has 0 aliphatic rings. The summed E-state index contributed by atoms with van der Waals surface area (Å²) < 4.78 is 0. The van der Waals surface area contributed by atoms with E-state index in [1.54, 1.807) is 0 Å². The van der Waals surface area contributed by atoms with Crippen LogP contribution in [-0.2, 0) is 4.79 Å². The minimum atomic E-state index is 0.0902. The minimum Gasteiger partial charge on any atom is -0.355 e. The van der Waals surface area contributed by atoms with Crippen molar-refractivity contribution < 1.29 is 4.79 Å². The van der Waals surface area contributed by atoms with E-state index < -0.39 is 0 Å². The first-order valence-corrected chi connectivity index (χ1v) is 6.17. The summed E-state index contributed by atoms with van der Waals surface area (Å²) in [6, 6.07) is 0. The van der Waals surface area contributed by atoms with Crippen molar-refractivity contribution in [3.8, 4) is 0 Å². The van der Waals surface area contributed by atoms with Crippen LogP contribution in [0.25, 0.3) is 0 Å². The Morgan fingerprint density at radius 3 is 2.77 bits per heavy atom. The quantitative estimate of drug-likeness (QED) is 0.576. The van der Waals surface area contributed by atoms with Gasteiger partial charge in [-0.1, -0.05) is 0 Å². The monoisotopic (exact) mass is 204 g/mol. The van der Waals surface area contributed by atoms with Crippen molar-refractivity contribution in [2.45, 2.75) is 19.8 Å². The first kappa shape index (κ1) is 12.8. The van der Waals surface area contributed by atoms with E-state index in [0.717, 1.165) is 13.0 Å². The second-order valence-electron chi connectivity index (χ2n) is 2.83. The maximum absolute atomic E-state index is 11.0. The number of likely N-dealkylation sites (N-methyl/N-ethyl adjacent to an activating group) is 1. The van der Waals surface area contributed by atoms with Crippen molar-refractivity contribution in [3.63, 3.8) is 0 Å². The van der Waals surface area contributed by atoms with E-state index in [9.17, 15) is 4.79 Å². The highest BCUT2D eigenvalue weighted by molar-refractivity contribution is 7.98. The van der Waals surface area contributed by atoms with Crippen LogP contribution in [0.3, 0.4) is 0 Å². The number of carbonyl (C=O) groups is 1. The summed E-state index contributed by atoms with van der Waals surface area (Å²) in [7, 11) is 0. The molecule has 0 unspecified atom stereocenters. The molecular formula is C9H20N2OS. The number of hydrogen-bond donors (Lipinski definition) is 2. The second-order valence-corrected chi connectivity index (χ2v) is 3.82. The van der Waals surface area contributed by atoms with Crippen LogP contribution < -0.4 is 10.6 Å². The van der Waals surface area contributed by atoms with Gasteiger partial charge >= 0.3 is 0 Å². The standard InChI is InChI=1S/C9H20N2OS/c1-3-11-9(12)8-10-6-4-5-7-13-2/h10H,3-8H2,1-2H3,(H,11,12). The molecule has 0 aromatic heterocycles. The summed E-state index contributed by atoms with van der Waals surface area (Å²) in [5.74, 6) is 1.30. The molecule has 0 fully saturated rings. The van der Waals surface area contributed by atoms with Gasteiger partial charge in [-0.15, -0.1) is 0 Å². The second kappa shape index (κ2) is 9.86. The number of amides is 1. The SMILES string of the molecule is CCNC(=O)CNCCCCSC. The van der Waals surface area contributed by atoms with Crippen molar-refractivity contribution >= 4 is 17.7 Å². The lowest BCUT2D eigenvalue weighted by Crippen LogP contribution is -2.34. The van der Waals surface area contributed by atoms with E-state index in [-0.39, 0.29) is 5.91 Å². The molecule has 3 nitrogen and oxygen atoms in total. The van der Waals surface area contributed by atoms with E-state index in [2.05, 4.69) is 16.9 Å². The lowest BCUT2D eigenvalue weighted by atomic mass is 10.3. The van der Waals surface area contributed by atoms with Crippen molar-refractivity contribution in [3.05, 3.63) is 0 Å². The van der Waals surface area contributed by atoms with Crippen LogP contribution in [0.4, 0.5) is 0 Å². The normalized spacial score (nSPS) is 10.0. The van der Waals surface area contributed by atoms with Crippen LogP contribution in [0.15, 0.2) is 0 Å². The molecule has 0 saturated carbocycles. The molecular weight excluding hydrogens is 184 g/mol. The van der Waals surface area contributed by atoms with E-state index in [1.165, 1.54) is 12.2 Å². The van der Waals surface area contributed by atoms with Crippen LogP contribution in [0.2, 0.25) is 0 Å². The van der Waals surface area contributed by atoms with Crippen LogP contribution in [0.5, 0.6) is 0 Å². The molecule has 0 rings (SSSR count). The summed E-state index contributed by atoms with van der Waals surface area (Å²) in [6.07, 6.45) is 4.49. The van der Waals surface area contributed by atoms with Gasteiger partial charge in [0.1, 0.15) is 0 Å². The molecule has 0 aliphatic heterocycles. The van der Waals surface area contributed by atoms with Gasteiger partial charge < -0.3 is 10.6 Å². The summed E-state index contributed by atoms with van der Waals surface area (Å²) in [5.41, 5.74) is 0. The Morgan fingerprint density at radius 2 is 2.15 bits per heavy atom. The van der Waals surface area contributed by atoms with Gasteiger partial charge in [-0.3, -0.25) is 4.79 Å². The van der Waals surface area contributed by atoms with Gasteiger partial charge in [0, 0.05) is 6.54 Å². The highest BCUT2D eigenvalue weighted by Crippen LogP contribution is 1.97. The molecule has 0 atom stereocenters. The Labute approximate surface area is 85.0 Å². The fourth-order valence-corrected chi connectivity index (χ4v) is 1.45. The molecule has 0 aromatic carbocycles.